The van der Waals surface area contributed by atoms with Crippen molar-refractivity contribution in [3.63, 3.8) is 0 Å². The lowest BCUT2D eigenvalue weighted by atomic mass is 10.2. The fourth-order valence-electron chi connectivity index (χ4n) is 1.29. The smallest absolute Gasteiger partial charge is 0.253 e. The van der Waals surface area contributed by atoms with Gasteiger partial charge in [0.15, 0.2) is 0 Å². The molecule has 0 aliphatic carbocycles. The summed E-state index contributed by atoms with van der Waals surface area (Å²) in [7, 11) is 0. The first-order valence-electron chi connectivity index (χ1n) is 4.80. The van der Waals surface area contributed by atoms with Crippen molar-refractivity contribution < 1.29 is 9.90 Å². The van der Waals surface area contributed by atoms with Crippen LogP contribution < -0.4 is 4.90 Å². The minimum absolute atomic E-state index is 0.0616. The molecule has 3 nitrogen and oxygen atoms in total. The van der Waals surface area contributed by atoms with E-state index in [2.05, 4.69) is 6.58 Å². The Balaban J connectivity index is 2.93. The summed E-state index contributed by atoms with van der Waals surface area (Å²) in [6.07, 6.45) is 0. The molecule has 1 rings (SSSR count). The summed E-state index contributed by atoms with van der Waals surface area (Å²) < 4.78 is 0. The number of para-hydroxylation sites is 1. The van der Waals surface area contributed by atoms with Crippen LogP contribution in [0.15, 0.2) is 42.5 Å². The summed E-state index contributed by atoms with van der Waals surface area (Å²) in [4.78, 5) is 13.3. The molecule has 0 aliphatic heterocycles. The molecule has 1 aromatic carbocycles. The Morgan fingerprint density at radius 1 is 1.40 bits per heavy atom. The second kappa shape index (κ2) is 5.32. The Kier molecular flexibility index (Phi) is 4.06. The van der Waals surface area contributed by atoms with Gasteiger partial charge in [-0.2, -0.15) is 0 Å². The lowest BCUT2D eigenvalue weighted by molar-refractivity contribution is -0.115. The number of hydrogen-bond donors (Lipinski definition) is 1. The molecule has 15 heavy (non-hydrogen) atoms. The molecule has 1 aromatic rings. The maximum absolute atomic E-state index is 11.7. The third kappa shape index (κ3) is 2.92. The van der Waals surface area contributed by atoms with Crippen molar-refractivity contribution in [2.24, 2.45) is 0 Å². The van der Waals surface area contributed by atoms with Gasteiger partial charge in [-0.25, -0.2) is 0 Å². The summed E-state index contributed by atoms with van der Waals surface area (Å²) >= 11 is 0. The third-order valence-corrected chi connectivity index (χ3v) is 2.00. The zero-order valence-corrected chi connectivity index (χ0v) is 8.81. The molecule has 0 spiro atoms. The number of carbonyl (C=O) groups is 1. The van der Waals surface area contributed by atoms with Gasteiger partial charge >= 0.3 is 0 Å². The van der Waals surface area contributed by atoms with Crippen molar-refractivity contribution in [2.45, 2.75) is 6.92 Å². The lowest BCUT2D eigenvalue weighted by Crippen LogP contribution is -2.33. The molecule has 0 aliphatic rings. The molecule has 1 amide bonds. The Labute approximate surface area is 89.6 Å². The molecular formula is C12H15NO2. The fraction of sp³-hybridized carbons (Fsp3) is 0.250. The highest BCUT2D eigenvalue weighted by atomic mass is 16.3. The van der Waals surface area contributed by atoms with Gasteiger partial charge < -0.3 is 10.0 Å². The van der Waals surface area contributed by atoms with Crippen LogP contribution in [0.25, 0.3) is 0 Å². The van der Waals surface area contributed by atoms with Gasteiger partial charge in [0.05, 0.1) is 6.61 Å². The van der Waals surface area contributed by atoms with Gasteiger partial charge in [0.25, 0.3) is 5.91 Å². The van der Waals surface area contributed by atoms with E-state index in [9.17, 15) is 4.79 Å². The largest absolute Gasteiger partial charge is 0.395 e. The fourth-order valence-corrected chi connectivity index (χ4v) is 1.29. The average molecular weight is 205 g/mol. The van der Waals surface area contributed by atoms with E-state index < -0.39 is 0 Å². The van der Waals surface area contributed by atoms with E-state index in [1.54, 1.807) is 6.92 Å². The van der Waals surface area contributed by atoms with Crippen LogP contribution in [-0.4, -0.2) is 24.2 Å². The van der Waals surface area contributed by atoms with Crippen molar-refractivity contribution in [3.8, 4) is 0 Å². The highest BCUT2D eigenvalue weighted by Gasteiger charge is 2.14. The number of hydrogen-bond acceptors (Lipinski definition) is 2. The molecule has 0 unspecified atom stereocenters. The van der Waals surface area contributed by atoms with Crippen LogP contribution in [0.2, 0.25) is 0 Å². The number of nitrogens with zero attached hydrogens (tertiary/aromatic N) is 1. The zero-order valence-electron chi connectivity index (χ0n) is 8.81. The second-order valence-electron chi connectivity index (χ2n) is 3.30. The molecule has 0 fully saturated rings. The number of aliphatic hydroxyl groups is 1. The van der Waals surface area contributed by atoms with Gasteiger partial charge in [-0.3, -0.25) is 4.79 Å². The second-order valence-corrected chi connectivity index (χ2v) is 3.30. The summed E-state index contributed by atoms with van der Waals surface area (Å²) in [6.45, 7) is 5.50. The Morgan fingerprint density at radius 2 is 2.00 bits per heavy atom. The van der Waals surface area contributed by atoms with Crippen molar-refractivity contribution in [1.29, 1.82) is 0 Å². The molecule has 0 atom stereocenters. The first-order valence-corrected chi connectivity index (χ1v) is 4.80. The van der Waals surface area contributed by atoms with E-state index in [1.807, 2.05) is 30.3 Å². The van der Waals surface area contributed by atoms with Crippen molar-refractivity contribution in [3.05, 3.63) is 42.5 Å². The molecule has 0 heterocycles. The number of rotatable bonds is 4. The number of amides is 1. The predicted octanol–water partition coefficient (Wildman–Crippen LogP) is 1.59. The highest BCUT2D eigenvalue weighted by molar-refractivity contribution is 6.04. The molecule has 0 bridgehead atoms. The highest BCUT2D eigenvalue weighted by Crippen LogP contribution is 2.14. The molecule has 0 saturated heterocycles. The number of benzene rings is 1. The molecule has 0 aromatic heterocycles. The molecular weight excluding hydrogens is 190 g/mol. The predicted molar refractivity (Wildman–Crippen MR) is 60.7 cm³/mol. The molecule has 0 saturated carbocycles. The van der Waals surface area contributed by atoms with Crippen LogP contribution >= 0.6 is 0 Å². The van der Waals surface area contributed by atoms with E-state index >= 15 is 0 Å². The van der Waals surface area contributed by atoms with E-state index in [0.717, 1.165) is 5.69 Å². The minimum atomic E-state index is -0.157. The van der Waals surface area contributed by atoms with E-state index in [1.165, 1.54) is 4.90 Å². The number of carbonyl (C=O) groups excluding carboxylic acids is 1. The molecule has 80 valence electrons. The molecule has 1 N–H and O–H groups in total. The van der Waals surface area contributed by atoms with Gasteiger partial charge in [-0.05, 0) is 19.1 Å². The Bertz CT molecular complexity index is 346. The standard InChI is InChI=1S/C12H15NO2/c1-10(2)12(15)13(8-9-14)11-6-4-3-5-7-11/h3-7,14H,1,8-9H2,2H3. The van der Waals surface area contributed by atoms with Crippen molar-refractivity contribution in [2.75, 3.05) is 18.1 Å². The van der Waals surface area contributed by atoms with Crippen LogP contribution in [0.5, 0.6) is 0 Å². The Morgan fingerprint density at radius 3 is 2.47 bits per heavy atom. The third-order valence-electron chi connectivity index (χ3n) is 2.00. The van der Waals surface area contributed by atoms with Gasteiger partial charge in [-0.1, -0.05) is 24.8 Å². The van der Waals surface area contributed by atoms with Gasteiger partial charge in [0.2, 0.25) is 0 Å². The maximum Gasteiger partial charge on any atom is 0.253 e. The minimum Gasteiger partial charge on any atom is -0.395 e. The number of aliphatic hydroxyl groups excluding tert-OH is 1. The van der Waals surface area contributed by atoms with E-state index in [0.29, 0.717) is 5.57 Å². The molecule has 3 heteroatoms. The van der Waals surface area contributed by atoms with Gasteiger partial charge in [-0.15, -0.1) is 0 Å². The quantitative estimate of drug-likeness (QED) is 0.758. The number of anilines is 1. The van der Waals surface area contributed by atoms with E-state index in [4.69, 9.17) is 5.11 Å². The van der Waals surface area contributed by atoms with Crippen molar-refractivity contribution in [1.82, 2.24) is 0 Å². The zero-order chi connectivity index (χ0) is 11.3. The van der Waals surface area contributed by atoms with Crippen LogP contribution in [0, 0.1) is 0 Å². The lowest BCUT2D eigenvalue weighted by Gasteiger charge is -2.21. The topological polar surface area (TPSA) is 40.5 Å². The van der Waals surface area contributed by atoms with Crippen molar-refractivity contribution >= 4 is 11.6 Å². The van der Waals surface area contributed by atoms with Crippen LogP contribution in [0.1, 0.15) is 6.92 Å². The summed E-state index contributed by atoms with van der Waals surface area (Å²) in [5.74, 6) is -0.157. The van der Waals surface area contributed by atoms with E-state index in [-0.39, 0.29) is 19.1 Å². The van der Waals surface area contributed by atoms with Crippen LogP contribution in [0.4, 0.5) is 5.69 Å². The monoisotopic (exact) mass is 205 g/mol. The summed E-state index contributed by atoms with van der Waals surface area (Å²) in [6, 6.07) is 9.25. The first-order chi connectivity index (χ1) is 7.16. The van der Waals surface area contributed by atoms with Crippen LogP contribution in [-0.2, 0) is 4.79 Å². The SMILES string of the molecule is C=C(C)C(=O)N(CCO)c1ccccc1. The van der Waals surface area contributed by atoms with Crippen LogP contribution in [0.3, 0.4) is 0 Å². The normalized spacial score (nSPS) is 9.73. The maximum atomic E-state index is 11.7. The van der Waals surface area contributed by atoms with Gasteiger partial charge in [0.1, 0.15) is 0 Å². The first kappa shape index (κ1) is 11.5. The Hall–Kier alpha value is -1.61. The molecule has 0 radical (unpaired) electrons. The summed E-state index contributed by atoms with van der Waals surface area (Å²) in [5.41, 5.74) is 1.24. The average Bonchev–Trinajstić information content (AvgIpc) is 2.26. The van der Waals surface area contributed by atoms with Gasteiger partial charge in [0, 0.05) is 17.8 Å². The summed E-state index contributed by atoms with van der Waals surface area (Å²) in [5, 5.41) is 8.91.